The highest BCUT2D eigenvalue weighted by Gasteiger charge is 2.44. The lowest BCUT2D eigenvalue weighted by atomic mass is 9.96. The van der Waals surface area contributed by atoms with E-state index in [1.54, 1.807) is 4.90 Å². The molecular weight excluding hydrogens is 274 g/mol. The number of carbonyl (C=O) groups is 2. The largest absolute Gasteiger partial charge is 0.480 e. The van der Waals surface area contributed by atoms with Gasteiger partial charge in [-0.3, -0.25) is 0 Å². The van der Waals surface area contributed by atoms with Crippen LogP contribution in [0.4, 0.5) is 4.79 Å². The summed E-state index contributed by atoms with van der Waals surface area (Å²) < 4.78 is 5.32. The van der Waals surface area contributed by atoms with Gasteiger partial charge in [0.2, 0.25) is 0 Å². The van der Waals surface area contributed by atoms with Crippen molar-refractivity contribution in [3.8, 4) is 0 Å². The van der Waals surface area contributed by atoms with Crippen molar-refractivity contribution in [2.24, 2.45) is 0 Å². The SMILES string of the molecule is CN(C)C1CCN(C(=O)N2CC(C)(OCC(=O)O)C2)CC1. The van der Waals surface area contributed by atoms with E-state index >= 15 is 0 Å². The number of rotatable bonds is 4. The summed E-state index contributed by atoms with van der Waals surface area (Å²) in [6.07, 6.45) is 2.00. The minimum Gasteiger partial charge on any atom is -0.480 e. The molecule has 2 fully saturated rings. The van der Waals surface area contributed by atoms with E-state index < -0.39 is 11.6 Å². The summed E-state index contributed by atoms with van der Waals surface area (Å²) >= 11 is 0. The van der Waals surface area contributed by atoms with Crippen LogP contribution in [0.5, 0.6) is 0 Å². The molecule has 2 aliphatic rings. The van der Waals surface area contributed by atoms with Crippen molar-refractivity contribution in [2.75, 3.05) is 46.9 Å². The fraction of sp³-hybridized carbons (Fsp3) is 0.857. The van der Waals surface area contributed by atoms with Crippen LogP contribution in [-0.2, 0) is 9.53 Å². The number of carboxylic acids is 1. The number of carboxylic acid groups (broad SMARTS) is 1. The van der Waals surface area contributed by atoms with E-state index in [4.69, 9.17) is 9.84 Å². The number of nitrogens with zero attached hydrogens (tertiary/aromatic N) is 3. The Labute approximate surface area is 125 Å². The molecule has 0 radical (unpaired) electrons. The average Bonchev–Trinajstić information content (AvgIpc) is 2.41. The van der Waals surface area contributed by atoms with Gasteiger partial charge in [-0.2, -0.15) is 0 Å². The second-order valence-corrected chi connectivity index (χ2v) is 6.45. The van der Waals surface area contributed by atoms with Gasteiger partial charge in [0.15, 0.2) is 0 Å². The molecule has 2 saturated heterocycles. The number of urea groups is 1. The molecule has 1 N–H and O–H groups in total. The number of hydrogen-bond donors (Lipinski definition) is 1. The summed E-state index contributed by atoms with van der Waals surface area (Å²) in [5.74, 6) is -0.980. The van der Waals surface area contributed by atoms with Gasteiger partial charge in [0.05, 0.1) is 13.1 Å². The molecule has 0 aromatic rings. The van der Waals surface area contributed by atoms with E-state index in [0.29, 0.717) is 19.1 Å². The zero-order chi connectivity index (χ0) is 15.6. The Morgan fingerprint density at radius 1 is 1.24 bits per heavy atom. The van der Waals surface area contributed by atoms with Crippen molar-refractivity contribution in [1.82, 2.24) is 14.7 Å². The molecule has 7 heteroatoms. The first-order valence-electron chi connectivity index (χ1n) is 7.37. The third-order valence-corrected chi connectivity index (χ3v) is 4.33. The summed E-state index contributed by atoms with van der Waals surface area (Å²) in [5, 5.41) is 8.63. The number of aliphatic carboxylic acids is 1. The summed E-state index contributed by atoms with van der Waals surface area (Å²) in [5.41, 5.74) is -0.518. The molecule has 0 saturated carbocycles. The predicted molar refractivity (Wildman–Crippen MR) is 77.2 cm³/mol. The Hall–Kier alpha value is -1.34. The smallest absolute Gasteiger partial charge is 0.329 e. The third-order valence-electron chi connectivity index (χ3n) is 4.33. The zero-order valence-electron chi connectivity index (χ0n) is 13.0. The van der Waals surface area contributed by atoms with Crippen LogP contribution in [0.15, 0.2) is 0 Å². The summed E-state index contributed by atoms with van der Waals surface area (Å²) in [6.45, 7) is 4.03. The number of piperidine rings is 1. The van der Waals surface area contributed by atoms with Crippen LogP contribution < -0.4 is 0 Å². The highest BCUT2D eigenvalue weighted by Crippen LogP contribution is 2.27. The maximum Gasteiger partial charge on any atom is 0.329 e. The minimum atomic E-state index is -0.980. The van der Waals surface area contributed by atoms with E-state index in [1.165, 1.54) is 0 Å². The van der Waals surface area contributed by atoms with Crippen molar-refractivity contribution in [1.29, 1.82) is 0 Å². The van der Waals surface area contributed by atoms with Crippen LogP contribution in [0.2, 0.25) is 0 Å². The Morgan fingerprint density at radius 3 is 2.29 bits per heavy atom. The molecule has 0 aromatic carbocycles. The topological polar surface area (TPSA) is 73.3 Å². The van der Waals surface area contributed by atoms with E-state index in [2.05, 4.69) is 19.0 Å². The molecule has 2 heterocycles. The second kappa shape index (κ2) is 6.19. The lowest BCUT2D eigenvalue weighted by Crippen LogP contribution is -2.66. The Balaban J connectivity index is 1.75. The molecule has 2 aliphatic heterocycles. The highest BCUT2D eigenvalue weighted by atomic mass is 16.5. The average molecular weight is 299 g/mol. The van der Waals surface area contributed by atoms with E-state index in [1.807, 2.05) is 11.8 Å². The van der Waals surface area contributed by atoms with Crippen molar-refractivity contribution in [3.63, 3.8) is 0 Å². The predicted octanol–water partition coefficient (Wildman–Crippen LogP) is 0.308. The molecular formula is C14H25N3O4. The van der Waals surface area contributed by atoms with Crippen LogP contribution in [0.3, 0.4) is 0 Å². The summed E-state index contributed by atoms with van der Waals surface area (Å²) in [7, 11) is 4.14. The zero-order valence-corrected chi connectivity index (χ0v) is 13.0. The Bertz CT molecular complexity index is 399. The molecule has 0 spiro atoms. The van der Waals surface area contributed by atoms with E-state index in [9.17, 15) is 9.59 Å². The van der Waals surface area contributed by atoms with Gasteiger partial charge in [0.25, 0.3) is 0 Å². The number of amides is 2. The first kappa shape index (κ1) is 16.0. The quantitative estimate of drug-likeness (QED) is 0.808. The number of ether oxygens (including phenoxy) is 1. The summed E-state index contributed by atoms with van der Waals surface area (Å²) in [4.78, 5) is 28.7. The van der Waals surface area contributed by atoms with Crippen LogP contribution in [0, 0.1) is 0 Å². The van der Waals surface area contributed by atoms with E-state index in [-0.39, 0.29) is 12.6 Å². The second-order valence-electron chi connectivity index (χ2n) is 6.45. The number of hydrogen-bond acceptors (Lipinski definition) is 4. The van der Waals surface area contributed by atoms with Crippen molar-refractivity contribution < 1.29 is 19.4 Å². The number of carbonyl (C=O) groups excluding carboxylic acids is 1. The van der Waals surface area contributed by atoms with Gasteiger partial charge in [0.1, 0.15) is 12.2 Å². The van der Waals surface area contributed by atoms with E-state index in [0.717, 1.165) is 25.9 Å². The standard InChI is InChI=1S/C14H25N3O4/c1-14(21-8-12(18)19)9-17(10-14)13(20)16-6-4-11(5-7-16)15(2)3/h11H,4-10H2,1-3H3,(H,18,19). The maximum atomic E-state index is 12.3. The van der Waals surface area contributed by atoms with Gasteiger partial charge in [-0.15, -0.1) is 0 Å². The molecule has 2 amide bonds. The lowest BCUT2D eigenvalue weighted by molar-refractivity contribution is -0.160. The fourth-order valence-electron chi connectivity index (χ4n) is 3.00. The first-order chi connectivity index (χ1) is 9.81. The van der Waals surface area contributed by atoms with Gasteiger partial charge in [-0.05, 0) is 33.9 Å². The van der Waals surface area contributed by atoms with Crippen LogP contribution >= 0.6 is 0 Å². The van der Waals surface area contributed by atoms with Crippen molar-refractivity contribution in [3.05, 3.63) is 0 Å². The first-order valence-corrected chi connectivity index (χ1v) is 7.37. The maximum absolute atomic E-state index is 12.3. The Morgan fingerprint density at radius 2 is 1.81 bits per heavy atom. The fourth-order valence-corrected chi connectivity index (χ4v) is 3.00. The van der Waals surface area contributed by atoms with Gasteiger partial charge in [0, 0.05) is 19.1 Å². The van der Waals surface area contributed by atoms with Crippen molar-refractivity contribution >= 4 is 12.0 Å². The number of likely N-dealkylation sites (tertiary alicyclic amines) is 2. The highest BCUT2D eigenvalue weighted by molar-refractivity contribution is 5.76. The molecule has 0 atom stereocenters. The normalized spacial score (nSPS) is 22.3. The van der Waals surface area contributed by atoms with Crippen LogP contribution in [0.1, 0.15) is 19.8 Å². The van der Waals surface area contributed by atoms with Crippen LogP contribution in [0.25, 0.3) is 0 Å². The van der Waals surface area contributed by atoms with Crippen molar-refractivity contribution in [2.45, 2.75) is 31.4 Å². The molecule has 0 bridgehead atoms. The summed E-state index contributed by atoms with van der Waals surface area (Å²) in [6, 6.07) is 0.596. The monoisotopic (exact) mass is 299 g/mol. The molecule has 2 rings (SSSR count). The molecule has 21 heavy (non-hydrogen) atoms. The molecule has 0 unspecified atom stereocenters. The molecule has 7 nitrogen and oxygen atoms in total. The molecule has 0 aliphatic carbocycles. The van der Waals surface area contributed by atoms with Gasteiger partial charge in [-0.25, -0.2) is 9.59 Å². The van der Waals surface area contributed by atoms with Gasteiger partial charge >= 0.3 is 12.0 Å². The van der Waals surface area contributed by atoms with Crippen LogP contribution in [-0.4, -0.2) is 90.3 Å². The Kier molecular flexibility index (Phi) is 4.73. The molecule has 120 valence electrons. The third kappa shape index (κ3) is 3.85. The lowest BCUT2D eigenvalue weighted by Gasteiger charge is -2.49. The van der Waals surface area contributed by atoms with Gasteiger partial charge in [-0.1, -0.05) is 0 Å². The van der Waals surface area contributed by atoms with Gasteiger partial charge < -0.3 is 24.5 Å². The molecule has 0 aromatic heterocycles. The minimum absolute atomic E-state index is 0.0450.